The van der Waals surface area contributed by atoms with Crippen LogP contribution < -0.4 is 4.31 Å². The highest BCUT2D eigenvalue weighted by molar-refractivity contribution is 7.93. The van der Waals surface area contributed by atoms with Crippen molar-refractivity contribution >= 4 is 50.5 Å². The second-order valence-electron chi connectivity index (χ2n) is 6.86. The molecule has 1 heterocycles. The maximum atomic E-state index is 13.6. The van der Waals surface area contributed by atoms with Crippen molar-refractivity contribution in [1.82, 2.24) is 4.90 Å². The summed E-state index contributed by atoms with van der Waals surface area (Å²) in [6.07, 6.45) is 1.70. The summed E-state index contributed by atoms with van der Waals surface area (Å²) in [5.74, 6) is -0.354. The first-order chi connectivity index (χ1) is 14.1. The molecule has 1 aliphatic heterocycles. The fourth-order valence-electron chi connectivity index (χ4n) is 3.37. The van der Waals surface area contributed by atoms with E-state index in [0.29, 0.717) is 18.1 Å². The van der Waals surface area contributed by atoms with Crippen LogP contribution in [0.4, 0.5) is 11.4 Å². The third-order valence-corrected chi connectivity index (χ3v) is 7.50. The Hall–Kier alpha value is -2.36. The number of anilines is 1. The van der Waals surface area contributed by atoms with Crippen molar-refractivity contribution < 1.29 is 18.1 Å². The number of hydrogen-bond donors (Lipinski definition) is 0. The van der Waals surface area contributed by atoms with E-state index in [-0.39, 0.29) is 16.6 Å². The number of halogens is 2. The molecule has 160 valence electrons. The molecule has 0 radical (unpaired) electrons. The van der Waals surface area contributed by atoms with Crippen LogP contribution in [0.3, 0.4) is 0 Å². The Morgan fingerprint density at radius 3 is 2.30 bits per heavy atom. The molecule has 1 amide bonds. The molecule has 0 unspecified atom stereocenters. The predicted octanol–water partition coefficient (Wildman–Crippen LogP) is 4.11. The number of amides is 1. The Labute approximate surface area is 184 Å². The lowest BCUT2D eigenvalue weighted by Gasteiger charge is -2.32. The van der Waals surface area contributed by atoms with Gasteiger partial charge < -0.3 is 4.90 Å². The number of nitro groups is 1. The van der Waals surface area contributed by atoms with E-state index in [9.17, 15) is 23.3 Å². The zero-order valence-electron chi connectivity index (χ0n) is 16.0. The average Bonchev–Trinajstić information content (AvgIpc) is 3.23. The molecule has 0 N–H and O–H groups in total. The number of carbonyl (C=O) groups excluding carboxylic acids is 1. The Morgan fingerprint density at radius 1 is 1.13 bits per heavy atom. The second-order valence-corrected chi connectivity index (χ2v) is 9.48. The molecular formula is C19H19Cl2N3O5S. The second kappa shape index (κ2) is 8.79. The van der Waals surface area contributed by atoms with Crippen LogP contribution in [0.2, 0.25) is 10.0 Å². The lowest BCUT2D eigenvalue weighted by Crippen LogP contribution is -2.49. The molecule has 3 rings (SSSR count). The molecule has 0 saturated carbocycles. The van der Waals surface area contributed by atoms with E-state index < -0.39 is 31.6 Å². The first kappa shape index (κ1) is 22.3. The van der Waals surface area contributed by atoms with E-state index in [1.807, 2.05) is 0 Å². The van der Waals surface area contributed by atoms with Crippen LogP contribution in [0.5, 0.6) is 0 Å². The number of likely N-dealkylation sites (tertiary alicyclic amines) is 1. The van der Waals surface area contributed by atoms with Crippen molar-refractivity contribution in [1.29, 1.82) is 0 Å². The number of benzene rings is 2. The summed E-state index contributed by atoms with van der Waals surface area (Å²) >= 11 is 12.0. The molecule has 1 saturated heterocycles. The van der Waals surface area contributed by atoms with Gasteiger partial charge in [0.2, 0.25) is 5.91 Å². The van der Waals surface area contributed by atoms with E-state index in [1.165, 1.54) is 31.2 Å². The normalized spacial score (nSPS) is 15.1. The Balaban J connectivity index is 2.13. The minimum atomic E-state index is -4.42. The quantitative estimate of drug-likeness (QED) is 0.465. The van der Waals surface area contributed by atoms with Gasteiger partial charge in [-0.15, -0.1) is 0 Å². The lowest BCUT2D eigenvalue weighted by atomic mass is 10.2. The van der Waals surface area contributed by atoms with Crippen LogP contribution in [0, 0.1) is 10.1 Å². The van der Waals surface area contributed by atoms with Crippen molar-refractivity contribution in [3.63, 3.8) is 0 Å². The highest BCUT2D eigenvalue weighted by Gasteiger charge is 2.37. The smallest absolute Gasteiger partial charge is 0.270 e. The zero-order valence-corrected chi connectivity index (χ0v) is 18.3. The van der Waals surface area contributed by atoms with Crippen molar-refractivity contribution in [2.75, 3.05) is 17.4 Å². The number of nitrogens with zero attached hydrogens (tertiary/aromatic N) is 3. The molecule has 0 aliphatic carbocycles. The third-order valence-electron chi connectivity index (χ3n) is 4.87. The van der Waals surface area contributed by atoms with Crippen LogP contribution in [0.25, 0.3) is 0 Å². The molecule has 1 fully saturated rings. The topological polar surface area (TPSA) is 101 Å². The maximum absolute atomic E-state index is 13.6. The number of hydrogen-bond acceptors (Lipinski definition) is 5. The summed E-state index contributed by atoms with van der Waals surface area (Å²) in [4.78, 5) is 24.6. The van der Waals surface area contributed by atoms with Crippen LogP contribution in [-0.4, -0.2) is 43.3 Å². The highest BCUT2D eigenvalue weighted by Crippen LogP contribution is 2.33. The SMILES string of the molecule is C[C@@H](C(=O)N1CCCC1)N(c1ccc(Cl)cc1)S(=O)(=O)c1cc([N+](=O)[O-])ccc1Cl. The summed E-state index contributed by atoms with van der Waals surface area (Å²) in [5.41, 5.74) is -0.227. The maximum Gasteiger partial charge on any atom is 0.270 e. The number of carbonyl (C=O) groups is 1. The Bertz CT molecular complexity index is 1070. The van der Waals surface area contributed by atoms with E-state index in [2.05, 4.69) is 0 Å². The third kappa shape index (κ3) is 4.38. The molecule has 0 aromatic heterocycles. The summed E-state index contributed by atoms with van der Waals surface area (Å²) in [6.45, 7) is 2.59. The van der Waals surface area contributed by atoms with Crippen LogP contribution in [0.1, 0.15) is 19.8 Å². The predicted molar refractivity (Wildman–Crippen MR) is 114 cm³/mol. The molecule has 1 aliphatic rings. The minimum Gasteiger partial charge on any atom is -0.341 e. The molecule has 2 aromatic rings. The molecule has 1 atom stereocenters. The fourth-order valence-corrected chi connectivity index (χ4v) is 5.61. The van der Waals surface area contributed by atoms with Crippen molar-refractivity contribution in [2.24, 2.45) is 0 Å². The molecule has 0 spiro atoms. The largest absolute Gasteiger partial charge is 0.341 e. The van der Waals surface area contributed by atoms with Gasteiger partial charge in [0.25, 0.3) is 15.7 Å². The average molecular weight is 472 g/mol. The summed E-state index contributed by atoms with van der Waals surface area (Å²) in [6, 6.07) is 8.02. The van der Waals surface area contributed by atoms with Crippen LogP contribution in [0.15, 0.2) is 47.4 Å². The lowest BCUT2D eigenvalue weighted by molar-refractivity contribution is -0.385. The van der Waals surface area contributed by atoms with Gasteiger partial charge >= 0.3 is 0 Å². The monoisotopic (exact) mass is 471 g/mol. The Morgan fingerprint density at radius 2 is 1.73 bits per heavy atom. The van der Waals surface area contributed by atoms with Gasteiger partial charge in [0, 0.05) is 30.2 Å². The summed E-state index contributed by atoms with van der Waals surface area (Å²) in [7, 11) is -4.42. The first-order valence-electron chi connectivity index (χ1n) is 9.15. The van der Waals surface area contributed by atoms with Crippen LogP contribution in [-0.2, 0) is 14.8 Å². The van der Waals surface area contributed by atoms with Gasteiger partial charge in [-0.3, -0.25) is 19.2 Å². The van der Waals surface area contributed by atoms with E-state index in [0.717, 1.165) is 35.3 Å². The van der Waals surface area contributed by atoms with E-state index >= 15 is 0 Å². The molecule has 0 bridgehead atoms. The molecule has 8 nitrogen and oxygen atoms in total. The zero-order chi connectivity index (χ0) is 22.1. The van der Waals surface area contributed by atoms with Gasteiger partial charge in [-0.2, -0.15) is 0 Å². The molecular weight excluding hydrogens is 453 g/mol. The van der Waals surface area contributed by atoms with Crippen molar-refractivity contribution in [2.45, 2.75) is 30.7 Å². The van der Waals surface area contributed by atoms with Gasteiger partial charge in [0.1, 0.15) is 10.9 Å². The molecule has 11 heteroatoms. The standard InChI is InChI=1S/C19H19Cl2N3O5S/c1-13(19(25)22-10-2-3-11-22)23(15-6-4-14(20)5-7-15)30(28,29)18-12-16(24(26)27)8-9-17(18)21/h4-9,12-13H,2-3,10-11H2,1H3/t13-/m0/s1. The van der Waals surface area contributed by atoms with Gasteiger partial charge in [0.05, 0.1) is 15.6 Å². The van der Waals surface area contributed by atoms with E-state index in [1.54, 1.807) is 4.90 Å². The van der Waals surface area contributed by atoms with Crippen molar-refractivity contribution in [3.05, 3.63) is 62.6 Å². The number of nitro benzene ring substituents is 1. The van der Waals surface area contributed by atoms with Gasteiger partial charge in [0.15, 0.2) is 0 Å². The minimum absolute atomic E-state index is 0.180. The molecule has 30 heavy (non-hydrogen) atoms. The van der Waals surface area contributed by atoms with E-state index in [4.69, 9.17) is 23.2 Å². The number of sulfonamides is 1. The fraction of sp³-hybridized carbons (Fsp3) is 0.316. The molecule has 2 aromatic carbocycles. The summed E-state index contributed by atoms with van der Waals surface area (Å²) in [5, 5.41) is 11.4. The van der Waals surface area contributed by atoms with Crippen molar-refractivity contribution in [3.8, 4) is 0 Å². The highest BCUT2D eigenvalue weighted by atomic mass is 35.5. The van der Waals surface area contributed by atoms with Gasteiger partial charge in [-0.1, -0.05) is 23.2 Å². The number of non-ortho nitro benzene ring substituents is 1. The Kier molecular flexibility index (Phi) is 6.54. The number of rotatable bonds is 6. The first-order valence-corrected chi connectivity index (χ1v) is 11.4. The summed E-state index contributed by atoms with van der Waals surface area (Å²) < 4.78 is 28.1. The van der Waals surface area contributed by atoms with Gasteiger partial charge in [-0.05, 0) is 50.1 Å². The van der Waals surface area contributed by atoms with Crippen LogP contribution >= 0.6 is 23.2 Å². The van der Waals surface area contributed by atoms with Gasteiger partial charge in [-0.25, -0.2) is 8.42 Å².